The summed E-state index contributed by atoms with van der Waals surface area (Å²) in [6.45, 7) is 1.08. The van der Waals surface area contributed by atoms with Crippen LogP contribution in [0.4, 0.5) is 17.1 Å². The number of nitrogens with one attached hydrogen (secondary N) is 1. The topological polar surface area (TPSA) is 58.4 Å². The van der Waals surface area contributed by atoms with Crippen LogP contribution in [0.3, 0.4) is 0 Å². The highest BCUT2D eigenvalue weighted by Crippen LogP contribution is 2.34. The quantitative estimate of drug-likeness (QED) is 0.840. The van der Waals surface area contributed by atoms with Gasteiger partial charge in [-0.3, -0.25) is 4.79 Å². The number of carbonyl (C=O) groups is 1. The van der Waals surface area contributed by atoms with E-state index in [2.05, 4.69) is 23.3 Å². The number of carbonyl (C=O) groups excluding carboxylic acids is 1. The Hall–Kier alpha value is -1.71. The first kappa shape index (κ1) is 14.2. The van der Waals surface area contributed by atoms with Gasteiger partial charge in [0.25, 0.3) is 0 Å². The van der Waals surface area contributed by atoms with Crippen molar-refractivity contribution < 1.29 is 4.79 Å². The van der Waals surface area contributed by atoms with Crippen LogP contribution >= 0.6 is 0 Å². The summed E-state index contributed by atoms with van der Waals surface area (Å²) in [7, 11) is 2.13. The Morgan fingerprint density at radius 2 is 2.00 bits per heavy atom. The van der Waals surface area contributed by atoms with Crippen molar-refractivity contribution in [2.24, 2.45) is 5.92 Å². The standard InChI is InChI=1S/C17H25N3O/c1-20(11-12-5-3-2-4-6-12)16-9-13-7-8-17(21)19-15(13)10-14(16)18/h9-10,12H,2-8,11,18H2,1H3,(H,19,21). The minimum Gasteiger partial charge on any atom is -0.397 e. The maximum Gasteiger partial charge on any atom is 0.224 e. The van der Waals surface area contributed by atoms with E-state index in [0.717, 1.165) is 35.9 Å². The first-order valence-corrected chi connectivity index (χ1v) is 8.07. The lowest BCUT2D eigenvalue weighted by molar-refractivity contribution is -0.116. The van der Waals surface area contributed by atoms with Gasteiger partial charge in [0.1, 0.15) is 0 Å². The lowest BCUT2D eigenvalue weighted by Gasteiger charge is -2.30. The summed E-state index contributed by atoms with van der Waals surface area (Å²) in [6, 6.07) is 4.08. The van der Waals surface area contributed by atoms with Gasteiger partial charge in [0, 0.05) is 25.7 Å². The Balaban J connectivity index is 1.76. The zero-order valence-corrected chi connectivity index (χ0v) is 12.8. The van der Waals surface area contributed by atoms with E-state index in [9.17, 15) is 4.79 Å². The van der Waals surface area contributed by atoms with Gasteiger partial charge in [-0.1, -0.05) is 19.3 Å². The molecule has 1 amide bonds. The average molecular weight is 287 g/mol. The van der Waals surface area contributed by atoms with Crippen LogP contribution in [0.25, 0.3) is 0 Å². The Labute approximate surface area is 126 Å². The predicted molar refractivity (Wildman–Crippen MR) is 87.7 cm³/mol. The second-order valence-electron chi connectivity index (χ2n) is 6.50. The maximum absolute atomic E-state index is 11.5. The van der Waals surface area contributed by atoms with Crippen LogP contribution in [-0.4, -0.2) is 19.5 Å². The van der Waals surface area contributed by atoms with Crippen molar-refractivity contribution in [3.8, 4) is 0 Å². The summed E-state index contributed by atoms with van der Waals surface area (Å²) in [5.74, 6) is 0.879. The molecule has 1 fully saturated rings. The highest BCUT2D eigenvalue weighted by Gasteiger charge is 2.20. The van der Waals surface area contributed by atoms with Gasteiger partial charge in [-0.05, 0) is 42.9 Å². The number of hydrogen-bond acceptors (Lipinski definition) is 3. The fourth-order valence-corrected chi connectivity index (χ4v) is 3.62. The zero-order chi connectivity index (χ0) is 14.8. The van der Waals surface area contributed by atoms with Gasteiger partial charge in [-0.15, -0.1) is 0 Å². The van der Waals surface area contributed by atoms with Crippen molar-refractivity contribution in [2.45, 2.75) is 44.9 Å². The van der Waals surface area contributed by atoms with Gasteiger partial charge in [0.05, 0.1) is 11.4 Å². The number of aryl methyl sites for hydroxylation is 1. The van der Waals surface area contributed by atoms with Gasteiger partial charge < -0.3 is 16.0 Å². The molecule has 21 heavy (non-hydrogen) atoms. The molecule has 0 radical (unpaired) electrons. The number of benzene rings is 1. The third-order valence-electron chi connectivity index (χ3n) is 4.82. The van der Waals surface area contributed by atoms with Crippen molar-refractivity contribution in [2.75, 3.05) is 29.5 Å². The van der Waals surface area contributed by atoms with Crippen LogP contribution in [0.5, 0.6) is 0 Å². The van der Waals surface area contributed by atoms with Crippen molar-refractivity contribution in [3.63, 3.8) is 0 Å². The van der Waals surface area contributed by atoms with E-state index in [4.69, 9.17) is 5.73 Å². The van der Waals surface area contributed by atoms with E-state index in [1.807, 2.05) is 6.07 Å². The second-order valence-corrected chi connectivity index (χ2v) is 6.50. The fraction of sp³-hybridized carbons (Fsp3) is 0.588. The van der Waals surface area contributed by atoms with E-state index in [1.165, 1.54) is 37.7 Å². The summed E-state index contributed by atoms with van der Waals surface area (Å²) in [5.41, 5.74) is 10.2. The van der Waals surface area contributed by atoms with E-state index in [-0.39, 0.29) is 5.91 Å². The van der Waals surface area contributed by atoms with Gasteiger partial charge in [0.15, 0.2) is 0 Å². The summed E-state index contributed by atoms with van der Waals surface area (Å²) in [5, 5.41) is 2.91. The maximum atomic E-state index is 11.5. The smallest absolute Gasteiger partial charge is 0.224 e. The number of anilines is 3. The number of rotatable bonds is 3. The molecular formula is C17H25N3O. The molecule has 2 aliphatic rings. The van der Waals surface area contributed by atoms with Crippen LogP contribution in [0, 0.1) is 5.92 Å². The van der Waals surface area contributed by atoms with E-state index in [1.54, 1.807) is 0 Å². The lowest BCUT2D eigenvalue weighted by atomic mass is 9.89. The van der Waals surface area contributed by atoms with Crippen LogP contribution in [-0.2, 0) is 11.2 Å². The molecule has 3 N–H and O–H groups in total. The molecule has 3 rings (SSSR count). The van der Waals surface area contributed by atoms with Gasteiger partial charge >= 0.3 is 0 Å². The Kier molecular flexibility index (Phi) is 4.04. The summed E-state index contributed by atoms with van der Waals surface area (Å²) >= 11 is 0. The number of nitrogens with two attached hydrogens (primary N) is 1. The molecule has 0 spiro atoms. The van der Waals surface area contributed by atoms with Crippen LogP contribution in [0.1, 0.15) is 44.1 Å². The first-order chi connectivity index (χ1) is 10.1. The summed E-state index contributed by atoms with van der Waals surface area (Å²) < 4.78 is 0. The van der Waals surface area contributed by atoms with Crippen molar-refractivity contribution in [3.05, 3.63) is 17.7 Å². The molecule has 1 aromatic carbocycles. The molecule has 0 saturated heterocycles. The van der Waals surface area contributed by atoms with Crippen LogP contribution in [0.15, 0.2) is 12.1 Å². The number of fused-ring (bicyclic) bond motifs is 1. The average Bonchev–Trinajstić information content (AvgIpc) is 2.47. The van der Waals surface area contributed by atoms with Crippen molar-refractivity contribution in [1.82, 2.24) is 0 Å². The van der Waals surface area contributed by atoms with E-state index < -0.39 is 0 Å². The predicted octanol–water partition coefficient (Wildman–Crippen LogP) is 3.17. The molecule has 114 valence electrons. The van der Waals surface area contributed by atoms with Crippen LogP contribution < -0.4 is 16.0 Å². The number of nitrogen functional groups attached to an aromatic ring is 1. The molecule has 4 nitrogen and oxygen atoms in total. The summed E-state index contributed by atoms with van der Waals surface area (Å²) in [6.07, 6.45) is 8.18. The first-order valence-electron chi connectivity index (χ1n) is 8.07. The number of nitrogens with zero attached hydrogens (tertiary/aromatic N) is 1. The summed E-state index contributed by atoms with van der Waals surface area (Å²) in [4.78, 5) is 13.7. The number of amides is 1. The minimum absolute atomic E-state index is 0.0882. The molecule has 1 aliphatic heterocycles. The van der Waals surface area contributed by atoms with Crippen molar-refractivity contribution in [1.29, 1.82) is 0 Å². The normalized spacial score (nSPS) is 19.0. The highest BCUT2D eigenvalue weighted by atomic mass is 16.1. The molecule has 0 bridgehead atoms. The van der Waals surface area contributed by atoms with E-state index >= 15 is 0 Å². The molecule has 0 aromatic heterocycles. The Morgan fingerprint density at radius 3 is 2.76 bits per heavy atom. The highest BCUT2D eigenvalue weighted by molar-refractivity contribution is 5.95. The Morgan fingerprint density at radius 1 is 1.24 bits per heavy atom. The van der Waals surface area contributed by atoms with Crippen molar-refractivity contribution >= 4 is 23.0 Å². The number of hydrogen-bond donors (Lipinski definition) is 2. The fourth-order valence-electron chi connectivity index (χ4n) is 3.62. The molecule has 0 unspecified atom stereocenters. The van der Waals surface area contributed by atoms with Gasteiger partial charge in [-0.25, -0.2) is 0 Å². The molecular weight excluding hydrogens is 262 g/mol. The lowest BCUT2D eigenvalue weighted by Crippen LogP contribution is -2.28. The molecule has 4 heteroatoms. The van der Waals surface area contributed by atoms with Crippen LogP contribution in [0.2, 0.25) is 0 Å². The molecule has 1 aliphatic carbocycles. The van der Waals surface area contributed by atoms with E-state index in [0.29, 0.717) is 6.42 Å². The molecule has 1 heterocycles. The third kappa shape index (κ3) is 3.14. The Bertz CT molecular complexity index is 535. The molecule has 1 aromatic rings. The second kappa shape index (κ2) is 5.96. The molecule has 0 atom stereocenters. The largest absolute Gasteiger partial charge is 0.397 e. The zero-order valence-electron chi connectivity index (χ0n) is 12.8. The molecule has 1 saturated carbocycles. The minimum atomic E-state index is 0.0882. The monoisotopic (exact) mass is 287 g/mol. The third-order valence-corrected chi connectivity index (χ3v) is 4.82. The van der Waals surface area contributed by atoms with Gasteiger partial charge in [0.2, 0.25) is 5.91 Å². The van der Waals surface area contributed by atoms with Gasteiger partial charge in [-0.2, -0.15) is 0 Å². The SMILES string of the molecule is CN(CC1CCCCC1)c1cc2c(cc1N)NC(=O)CC2.